The number of likely N-dealkylation sites (N-methyl/N-ethyl adjacent to an activating group) is 1. The largest absolute Gasteiger partial charge is 0.355 e. The Labute approximate surface area is 162 Å². The van der Waals surface area contributed by atoms with Crippen molar-refractivity contribution in [2.75, 3.05) is 6.54 Å². The van der Waals surface area contributed by atoms with E-state index in [2.05, 4.69) is 11.4 Å². The molecule has 0 aliphatic carbocycles. The monoisotopic (exact) mass is 366 g/mol. The number of rotatable bonds is 8. The minimum Gasteiger partial charge on any atom is -0.355 e. The van der Waals surface area contributed by atoms with Crippen molar-refractivity contribution in [3.63, 3.8) is 0 Å². The summed E-state index contributed by atoms with van der Waals surface area (Å²) in [6.45, 7) is 8.88. The first-order chi connectivity index (χ1) is 12.9. The van der Waals surface area contributed by atoms with Gasteiger partial charge in [0.1, 0.15) is 6.04 Å². The van der Waals surface area contributed by atoms with E-state index in [1.165, 1.54) is 0 Å². The smallest absolute Gasteiger partial charge is 0.242 e. The van der Waals surface area contributed by atoms with E-state index in [9.17, 15) is 9.59 Å². The molecule has 0 fully saturated rings. The SMILES string of the molecule is CCNC(=O)[C@@H](CC)N(Cc1cccc(C)c1)C(=O)Cc1cccc(C)c1. The molecule has 1 N–H and O–H groups in total. The first-order valence-corrected chi connectivity index (χ1v) is 9.62. The molecule has 2 rings (SSSR count). The maximum Gasteiger partial charge on any atom is 0.242 e. The normalized spacial score (nSPS) is 11.7. The number of hydrogen-bond acceptors (Lipinski definition) is 2. The molecule has 27 heavy (non-hydrogen) atoms. The van der Waals surface area contributed by atoms with Crippen molar-refractivity contribution in [2.24, 2.45) is 0 Å². The van der Waals surface area contributed by atoms with Gasteiger partial charge >= 0.3 is 0 Å². The molecule has 0 spiro atoms. The first kappa shape index (κ1) is 20.7. The summed E-state index contributed by atoms with van der Waals surface area (Å²) in [5.74, 6) is -0.120. The predicted octanol–water partition coefficient (Wildman–Crippen LogP) is 3.79. The van der Waals surface area contributed by atoms with Crippen LogP contribution in [0.25, 0.3) is 0 Å². The molecule has 0 saturated carbocycles. The lowest BCUT2D eigenvalue weighted by Crippen LogP contribution is -2.49. The number of hydrogen-bond donors (Lipinski definition) is 1. The number of carbonyl (C=O) groups is 2. The van der Waals surface area contributed by atoms with E-state index in [1.807, 2.05) is 70.2 Å². The summed E-state index contributed by atoms with van der Waals surface area (Å²) in [6, 6.07) is 15.6. The van der Waals surface area contributed by atoms with Crippen molar-refractivity contribution in [1.82, 2.24) is 10.2 Å². The summed E-state index contributed by atoms with van der Waals surface area (Å²) in [5, 5.41) is 2.87. The van der Waals surface area contributed by atoms with Crippen LogP contribution in [0.15, 0.2) is 48.5 Å². The van der Waals surface area contributed by atoms with E-state index < -0.39 is 6.04 Å². The van der Waals surface area contributed by atoms with Gasteiger partial charge in [0, 0.05) is 13.1 Å². The van der Waals surface area contributed by atoms with Crippen LogP contribution in [0.5, 0.6) is 0 Å². The van der Waals surface area contributed by atoms with Gasteiger partial charge < -0.3 is 10.2 Å². The third-order valence-electron chi connectivity index (χ3n) is 4.61. The summed E-state index contributed by atoms with van der Waals surface area (Å²) in [6.07, 6.45) is 0.876. The van der Waals surface area contributed by atoms with Crippen LogP contribution in [0.2, 0.25) is 0 Å². The van der Waals surface area contributed by atoms with Gasteiger partial charge in [0.2, 0.25) is 11.8 Å². The van der Waals surface area contributed by atoms with Gasteiger partial charge in [-0.05, 0) is 38.3 Å². The second-order valence-corrected chi connectivity index (χ2v) is 7.00. The minimum atomic E-state index is -0.470. The Balaban J connectivity index is 2.29. The number of carbonyl (C=O) groups excluding carboxylic acids is 2. The second-order valence-electron chi connectivity index (χ2n) is 7.00. The number of benzene rings is 2. The van der Waals surface area contributed by atoms with Gasteiger partial charge in [-0.3, -0.25) is 9.59 Å². The Bertz CT molecular complexity index is 785. The van der Waals surface area contributed by atoms with Crippen LogP contribution < -0.4 is 5.32 Å². The molecule has 1 atom stereocenters. The van der Waals surface area contributed by atoms with Crippen LogP contribution in [-0.4, -0.2) is 29.3 Å². The highest BCUT2D eigenvalue weighted by Gasteiger charge is 2.28. The third-order valence-corrected chi connectivity index (χ3v) is 4.61. The van der Waals surface area contributed by atoms with E-state index in [0.717, 1.165) is 22.3 Å². The van der Waals surface area contributed by atoms with Crippen LogP contribution in [0.1, 0.15) is 42.5 Å². The van der Waals surface area contributed by atoms with Gasteiger partial charge in [-0.1, -0.05) is 66.6 Å². The quantitative estimate of drug-likeness (QED) is 0.773. The fourth-order valence-corrected chi connectivity index (χ4v) is 3.32. The molecule has 0 bridgehead atoms. The van der Waals surface area contributed by atoms with Gasteiger partial charge in [-0.15, -0.1) is 0 Å². The van der Waals surface area contributed by atoms with E-state index >= 15 is 0 Å². The van der Waals surface area contributed by atoms with Crippen molar-refractivity contribution in [3.05, 3.63) is 70.8 Å². The molecule has 0 saturated heterocycles. The Hall–Kier alpha value is -2.62. The highest BCUT2D eigenvalue weighted by Crippen LogP contribution is 2.16. The maximum absolute atomic E-state index is 13.2. The van der Waals surface area contributed by atoms with E-state index in [-0.39, 0.29) is 11.8 Å². The van der Waals surface area contributed by atoms with Gasteiger partial charge in [-0.25, -0.2) is 0 Å². The lowest BCUT2D eigenvalue weighted by molar-refractivity contribution is -0.140. The summed E-state index contributed by atoms with van der Waals surface area (Å²) < 4.78 is 0. The molecule has 4 nitrogen and oxygen atoms in total. The standard InChI is InChI=1S/C23H30N2O2/c1-5-21(23(27)24-6-2)25(16-20-12-8-10-18(4)14-20)22(26)15-19-11-7-9-17(3)13-19/h7-14,21H,5-6,15-16H2,1-4H3,(H,24,27)/t21-/m1/s1. The van der Waals surface area contributed by atoms with Crippen molar-refractivity contribution in [1.29, 1.82) is 0 Å². The van der Waals surface area contributed by atoms with Crippen molar-refractivity contribution in [3.8, 4) is 0 Å². The third kappa shape index (κ3) is 5.95. The van der Waals surface area contributed by atoms with Gasteiger partial charge in [0.25, 0.3) is 0 Å². The number of aryl methyl sites for hydroxylation is 2. The first-order valence-electron chi connectivity index (χ1n) is 9.62. The van der Waals surface area contributed by atoms with Gasteiger partial charge in [0.15, 0.2) is 0 Å². The van der Waals surface area contributed by atoms with Crippen molar-refractivity contribution in [2.45, 2.75) is 53.1 Å². The molecule has 0 aromatic heterocycles. The molecular weight excluding hydrogens is 336 g/mol. The van der Waals surface area contributed by atoms with Gasteiger partial charge in [0.05, 0.1) is 6.42 Å². The number of amides is 2. The van der Waals surface area contributed by atoms with E-state index in [1.54, 1.807) is 4.90 Å². The molecule has 2 aromatic carbocycles. The highest BCUT2D eigenvalue weighted by molar-refractivity contribution is 5.88. The fraction of sp³-hybridized carbons (Fsp3) is 0.391. The second kappa shape index (κ2) is 9.91. The molecule has 2 aromatic rings. The van der Waals surface area contributed by atoms with E-state index in [4.69, 9.17) is 0 Å². The average Bonchev–Trinajstić information content (AvgIpc) is 2.62. The Morgan fingerprint density at radius 1 is 0.963 bits per heavy atom. The zero-order valence-electron chi connectivity index (χ0n) is 16.8. The minimum absolute atomic E-state index is 0.0276. The lowest BCUT2D eigenvalue weighted by atomic mass is 10.0. The fourth-order valence-electron chi connectivity index (χ4n) is 3.32. The maximum atomic E-state index is 13.2. The summed E-state index contributed by atoms with van der Waals surface area (Å²) in [7, 11) is 0. The van der Waals surface area contributed by atoms with Crippen LogP contribution in [0.4, 0.5) is 0 Å². The van der Waals surface area contributed by atoms with Crippen LogP contribution in [-0.2, 0) is 22.6 Å². The molecule has 144 valence electrons. The van der Waals surface area contributed by atoms with Gasteiger partial charge in [-0.2, -0.15) is 0 Å². The van der Waals surface area contributed by atoms with Crippen LogP contribution in [0, 0.1) is 13.8 Å². The Morgan fingerprint density at radius 3 is 2.11 bits per heavy atom. The molecule has 0 heterocycles. The topological polar surface area (TPSA) is 49.4 Å². The zero-order valence-corrected chi connectivity index (χ0v) is 16.8. The summed E-state index contributed by atoms with van der Waals surface area (Å²) in [5.41, 5.74) is 4.28. The summed E-state index contributed by atoms with van der Waals surface area (Å²) >= 11 is 0. The van der Waals surface area contributed by atoms with Crippen molar-refractivity contribution >= 4 is 11.8 Å². The molecule has 0 radical (unpaired) electrons. The lowest BCUT2D eigenvalue weighted by Gasteiger charge is -2.30. The zero-order chi connectivity index (χ0) is 19.8. The predicted molar refractivity (Wildman–Crippen MR) is 109 cm³/mol. The Kier molecular flexibility index (Phi) is 7.59. The van der Waals surface area contributed by atoms with Crippen LogP contribution in [0.3, 0.4) is 0 Å². The highest BCUT2D eigenvalue weighted by atomic mass is 16.2. The number of nitrogens with one attached hydrogen (secondary N) is 1. The van der Waals surface area contributed by atoms with E-state index in [0.29, 0.717) is 25.9 Å². The average molecular weight is 367 g/mol. The van der Waals surface area contributed by atoms with Crippen molar-refractivity contribution < 1.29 is 9.59 Å². The molecule has 0 unspecified atom stereocenters. The molecule has 4 heteroatoms. The molecular formula is C23H30N2O2. The molecule has 0 aliphatic rings. The number of nitrogens with zero attached hydrogens (tertiary/aromatic N) is 1. The Morgan fingerprint density at radius 2 is 1.56 bits per heavy atom. The summed E-state index contributed by atoms with van der Waals surface area (Å²) in [4.78, 5) is 27.5. The molecule has 2 amide bonds. The molecule has 0 aliphatic heterocycles. The van der Waals surface area contributed by atoms with Crippen LogP contribution >= 0.6 is 0 Å².